The Balaban J connectivity index is 2.14. The van der Waals surface area contributed by atoms with Crippen molar-refractivity contribution in [1.29, 1.82) is 0 Å². The van der Waals surface area contributed by atoms with E-state index < -0.39 is 4.92 Å². The number of amides is 1. The Morgan fingerprint density at radius 2 is 2.29 bits per heavy atom. The van der Waals surface area contributed by atoms with Crippen LogP contribution in [0.2, 0.25) is 0 Å². The van der Waals surface area contributed by atoms with E-state index in [0.717, 1.165) is 11.3 Å². The first-order chi connectivity index (χ1) is 9.95. The molecule has 2 rings (SSSR count). The van der Waals surface area contributed by atoms with Gasteiger partial charge < -0.3 is 5.32 Å². The predicted octanol–water partition coefficient (Wildman–Crippen LogP) is 3.07. The Labute approximate surface area is 129 Å². The van der Waals surface area contributed by atoms with Gasteiger partial charge in [-0.25, -0.2) is 0 Å². The van der Waals surface area contributed by atoms with E-state index in [9.17, 15) is 14.9 Å². The Kier molecular flexibility index (Phi) is 4.81. The number of non-ortho nitro benzene ring substituents is 1. The summed E-state index contributed by atoms with van der Waals surface area (Å²) in [4.78, 5) is 21.8. The number of alkyl halides is 1. The quantitative estimate of drug-likeness (QED) is 0.517. The van der Waals surface area contributed by atoms with E-state index in [1.54, 1.807) is 19.1 Å². The highest BCUT2D eigenvalue weighted by atomic mass is 35.5. The van der Waals surface area contributed by atoms with Crippen molar-refractivity contribution in [3.05, 3.63) is 34.4 Å². The number of nitrogens with zero attached hydrogens (tertiary/aromatic N) is 3. The summed E-state index contributed by atoms with van der Waals surface area (Å²) in [5, 5.41) is 21.6. The van der Waals surface area contributed by atoms with Gasteiger partial charge in [0.05, 0.1) is 4.92 Å². The first kappa shape index (κ1) is 15.3. The van der Waals surface area contributed by atoms with Crippen LogP contribution in [-0.2, 0) is 4.79 Å². The fourth-order valence-corrected chi connectivity index (χ4v) is 2.46. The Hall–Kier alpha value is -2.06. The summed E-state index contributed by atoms with van der Waals surface area (Å²) in [6, 6.07) is 6.07. The zero-order chi connectivity index (χ0) is 15.4. The number of hydrogen-bond acceptors (Lipinski definition) is 6. The molecule has 7 nitrogen and oxygen atoms in total. The van der Waals surface area contributed by atoms with E-state index in [4.69, 9.17) is 11.6 Å². The average Bonchev–Trinajstić information content (AvgIpc) is 2.86. The molecule has 110 valence electrons. The van der Waals surface area contributed by atoms with Gasteiger partial charge in [-0.15, -0.1) is 21.8 Å². The van der Waals surface area contributed by atoms with Gasteiger partial charge in [0.25, 0.3) is 5.69 Å². The van der Waals surface area contributed by atoms with Gasteiger partial charge in [0.2, 0.25) is 11.0 Å². The number of aromatic nitrogens is 2. The van der Waals surface area contributed by atoms with Crippen molar-refractivity contribution in [3.8, 4) is 10.6 Å². The molecule has 1 amide bonds. The molecule has 1 aromatic heterocycles. The first-order valence-electron chi connectivity index (χ1n) is 5.98. The van der Waals surface area contributed by atoms with Crippen molar-refractivity contribution >= 4 is 39.7 Å². The minimum Gasteiger partial charge on any atom is -0.300 e. The summed E-state index contributed by atoms with van der Waals surface area (Å²) >= 11 is 6.87. The molecule has 1 aromatic carbocycles. The van der Waals surface area contributed by atoms with E-state index >= 15 is 0 Å². The number of hydrogen-bond donors (Lipinski definition) is 1. The largest absolute Gasteiger partial charge is 0.300 e. The molecule has 21 heavy (non-hydrogen) atoms. The lowest BCUT2D eigenvalue weighted by Gasteiger charge is -2.01. The molecule has 0 radical (unpaired) electrons. The number of carbonyl (C=O) groups excluding carboxylic acids is 1. The third-order valence-electron chi connectivity index (χ3n) is 2.44. The van der Waals surface area contributed by atoms with E-state index in [1.165, 1.54) is 12.1 Å². The van der Waals surface area contributed by atoms with Crippen molar-refractivity contribution in [3.63, 3.8) is 0 Å². The lowest BCUT2D eigenvalue weighted by atomic mass is 10.2. The van der Waals surface area contributed by atoms with Gasteiger partial charge in [-0.05, 0) is 6.92 Å². The lowest BCUT2D eigenvalue weighted by molar-refractivity contribution is -0.384. The van der Waals surface area contributed by atoms with Gasteiger partial charge in [-0.3, -0.25) is 14.9 Å². The van der Waals surface area contributed by atoms with Crippen molar-refractivity contribution < 1.29 is 9.72 Å². The van der Waals surface area contributed by atoms with E-state index in [-0.39, 0.29) is 23.4 Å². The summed E-state index contributed by atoms with van der Waals surface area (Å²) < 4.78 is 0. The Morgan fingerprint density at radius 1 is 1.52 bits per heavy atom. The molecule has 0 saturated carbocycles. The number of nitro groups is 1. The monoisotopic (exact) mass is 326 g/mol. The van der Waals surface area contributed by atoms with E-state index in [2.05, 4.69) is 15.5 Å². The minimum atomic E-state index is -0.477. The second-order valence-corrected chi connectivity index (χ2v) is 5.98. The van der Waals surface area contributed by atoms with Crippen LogP contribution in [0, 0.1) is 10.1 Å². The van der Waals surface area contributed by atoms with Crippen LogP contribution < -0.4 is 5.32 Å². The first-order valence-corrected chi connectivity index (χ1v) is 7.23. The molecule has 1 N–H and O–H groups in total. The van der Waals surface area contributed by atoms with Crippen LogP contribution in [0.25, 0.3) is 10.6 Å². The highest BCUT2D eigenvalue weighted by Crippen LogP contribution is 2.28. The summed E-state index contributed by atoms with van der Waals surface area (Å²) in [6.07, 6.45) is 0.174. The molecule has 0 fully saturated rings. The molecular formula is C12H11ClN4O3S. The van der Waals surface area contributed by atoms with Gasteiger partial charge in [0.1, 0.15) is 5.01 Å². The summed E-state index contributed by atoms with van der Waals surface area (Å²) in [6.45, 7) is 1.72. The maximum Gasteiger partial charge on any atom is 0.270 e. The molecule has 0 aliphatic rings. The maximum atomic E-state index is 11.6. The number of halogens is 1. The Morgan fingerprint density at radius 3 is 2.95 bits per heavy atom. The number of carbonyl (C=O) groups is 1. The zero-order valence-corrected chi connectivity index (χ0v) is 12.5. The van der Waals surface area contributed by atoms with Crippen LogP contribution in [0.5, 0.6) is 0 Å². The SMILES string of the molecule is CC(Cl)CC(=O)Nc1nnc(-c2cccc([N+](=O)[O-])c2)s1. The molecule has 0 bridgehead atoms. The van der Waals surface area contributed by atoms with Crippen molar-refractivity contribution in [2.45, 2.75) is 18.7 Å². The Bertz CT molecular complexity index is 674. The van der Waals surface area contributed by atoms with Gasteiger partial charge in [0.15, 0.2) is 0 Å². The van der Waals surface area contributed by atoms with Crippen LogP contribution in [-0.4, -0.2) is 26.4 Å². The van der Waals surface area contributed by atoms with E-state index in [0.29, 0.717) is 15.7 Å². The molecular weight excluding hydrogens is 316 g/mol. The number of benzene rings is 1. The fourth-order valence-electron chi connectivity index (χ4n) is 1.57. The second kappa shape index (κ2) is 6.59. The summed E-state index contributed by atoms with van der Waals surface area (Å²) in [5.74, 6) is -0.251. The third kappa shape index (κ3) is 4.20. The van der Waals surface area contributed by atoms with Gasteiger partial charge in [0, 0.05) is 29.5 Å². The van der Waals surface area contributed by atoms with Crippen LogP contribution in [0.1, 0.15) is 13.3 Å². The molecule has 2 aromatic rings. The average molecular weight is 327 g/mol. The zero-order valence-electron chi connectivity index (χ0n) is 10.9. The highest BCUT2D eigenvalue weighted by Gasteiger charge is 2.13. The van der Waals surface area contributed by atoms with E-state index in [1.807, 2.05) is 0 Å². The second-order valence-electron chi connectivity index (χ2n) is 4.25. The molecule has 1 unspecified atom stereocenters. The van der Waals surface area contributed by atoms with Crippen LogP contribution in [0.15, 0.2) is 24.3 Å². The van der Waals surface area contributed by atoms with Crippen molar-refractivity contribution in [2.24, 2.45) is 0 Å². The number of anilines is 1. The van der Waals surface area contributed by atoms with Gasteiger partial charge in [-0.2, -0.15) is 0 Å². The molecule has 1 atom stereocenters. The number of nitrogens with one attached hydrogen (secondary N) is 1. The van der Waals surface area contributed by atoms with Crippen LogP contribution in [0.4, 0.5) is 10.8 Å². The normalized spacial score (nSPS) is 11.9. The van der Waals surface area contributed by atoms with Gasteiger partial charge in [-0.1, -0.05) is 23.5 Å². The molecule has 0 saturated heterocycles. The topological polar surface area (TPSA) is 98.0 Å². The highest BCUT2D eigenvalue weighted by molar-refractivity contribution is 7.18. The standard InChI is InChI=1S/C12H11ClN4O3S/c1-7(13)5-10(18)14-12-16-15-11(21-12)8-3-2-4-9(6-8)17(19)20/h2-4,6-7H,5H2,1H3,(H,14,16,18). The van der Waals surface area contributed by atoms with Crippen molar-refractivity contribution in [1.82, 2.24) is 10.2 Å². The molecule has 0 aliphatic carbocycles. The predicted molar refractivity (Wildman–Crippen MR) is 80.6 cm³/mol. The lowest BCUT2D eigenvalue weighted by Crippen LogP contribution is -2.14. The maximum absolute atomic E-state index is 11.6. The smallest absolute Gasteiger partial charge is 0.270 e. The summed E-state index contributed by atoms with van der Waals surface area (Å²) in [5.41, 5.74) is 0.553. The van der Waals surface area contributed by atoms with Crippen LogP contribution >= 0.6 is 22.9 Å². The number of rotatable bonds is 5. The fraction of sp³-hybridized carbons (Fsp3) is 0.250. The summed E-state index contributed by atoms with van der Waals surface area (Å²) in [7, 11) is 0. The molecule has 9 heteroatoms. The third-order valence-corrected chi connectivity index (χ3v) is 3.48. The minimum absolute atomic E-state index is 0.0238. The molecule has 1 heterocycles. The van der Waals surface area contributed by atoms with Crippen LogP contribution in [0.3, 0.4) is 0 Å². The van der Waals surface area contributed by atoms with Crippen molar-refractivity contribution in [2.75, 3.05) is 5.32 Å². The molecule has 0 aliphatic heterocycles. The number of nitro benzene ring substituents is 1. The van der Waals surface area contributed by atoms with Gasteiger partial charge >= 0.3 is 0 Å². The molecule has 0 spiro atoms.